The van der Waals surface area contributed by atoms with Gasteiger partial charge in [-0.3, -0.25) is 4.79 Å². The zero-order chi connectivity index (χ0) is 15.8. The summed E-state index contributed by atoms with van der Waals surface area (Å²) in [4.78, 5) is 23.5. The second-order valence-corrected chi connectivity index (χ2v) is 6.61. The summed E-state index contributed by atoms with van der Waals surface area (Å²) in [5.74, 6) is -2.47. The van der Waals surface area contributed by atoms with Crippen LogP contribution in [0.15, 0.2) is 11.6 Å². The number of fused-ring (bicyclic) bond motifs is 1. The average Bonchev–Trinajstić information content (AvgIpc) is 2.59. The molecule has 0 aromatic rings. The van der Waals surface area contributed by atoms with Crippen LogP contribution in [0.5, 0.6) is 0 Å². The van der Waals surface area contributed by atoms with Crippen LogP contribution in [0, 0.1) is 23.7 Å². The van der Waals surface area contributed by atoms with Crippen molar-refractivity contribution >= 4 is 23.5 Å². The van der Waals surface area contributed by atoms with E-state index in [1.165, 1.54) is 0 Å². The molecule has 6 heteroatoms. The number of hydrogen-bond donors (Lipinski definition) is 2. The smallest absolute Gasteiger partial charge is 0.334 e. The maximum absolute atomic E-state index is 12.3. The molecule has 0 unspecified atom stereocenters. The fourth-order valence-electron chi connectivity index (χ4n) is 3.55. The van der Waals surface area contributed by atoms with Gasteiger partial charge in [0.05, 0.1) is 23.0 Å². The van der Waals surface area contributed by atoms with Crippen molar-refractivity contribution in [3.05, 3.63) is 11.6 Å². The molecule has 2 N–H and O–H groups in total. The summed E-state index contributed by atoms with van der Waals surface area (Å²) in [6, 6.07) is 0. The van der Waals surface area contributed by atoms with Gasteiger partial charge in [0.2, 0.25) is 0 Å². The van der Waals surface area contributed by atoms with Gasteiger partial charge in [-0.2, -0.15) is 0 Å². The number of hydrogen-bond acceptors (Lipinski definition) is 4. The lowest BCUT2D eigenvalue weighted by atomic mass is 9.61. The van der Waals surface area contributed by atoms with Gasteiger partial charge in [-0.1, -0.05) is 19.9 Å². The van der Waals surface area contributed by atoms with E-state index < -0.39 is 23.5 Å². The highest BCUT2D eigenvalue weighted by Gasteiger charge is 2.53. The molecular weight excluding hydrogens is 296 g/mol. The summed E-state index contributed by atoms with van der Waals surface area (Å²) in [6.45, 7) is 3.82. The molecule has 1 aliphatic heterocycles. The van der Waals surface area contributed by atoms with E-state index in [2.05, 4.69) is 0 Å². The molecule has 0 radical (unpaired) electrons. The van der Waals surface area contributed by atoms with Gasteiger partial charge in [0.25, 0.3) is 0 Å². The Morgan fingerprint density at radius 1 is 1.57 bits per heavy atom. The lowest BCUT2D eigenvalue weighted by Gasteiger charge is -2.46. The van der Waals surface area contributed by atoms with E-state index in [9.17, 15) is 19.8 Å². The number of carbonyl (C=O) groups excluding carboxylic acids is 1. The molecule has 2 rings (SSSR count). The van der Waals surface area contributed by atoms with Crippen LogP contribution in [0.3, 0.4) is 0 Å². The Morgan fingerprint density at radius 2 is 2.24 bits per heavy atom. The molecule has 1 aliphatic carbocycles. The molecule has 0 amide bonds. The number of esters is 1. The summed E-state index contributed by atoms with van der Waals surface area (Å²) in [6.07, 6.45) is 2.73. The standard InChI is InChI=1S/C15H21ClO5/c1-8(2)10-3-4-15(20,7-16)12-11(10)5-9(13(17)18)6-21-14(12)19/h5,8,10-12,20H,3-4,6-7H2,1-2H3,(H,17,18)/t10-,11-,12-,15+/m0/s1. The quantitative estimate of drug-likeness (QED) is 0.613. The number of rotatable bonds is 3. The summed E-state index contributed by atoms with van der Waals surface area (Å²) in [5, 5.41) is 19.9. The molecule has 4 atom stereocenters. The molecular formula is C15H21ClO5. The Hall–Kier alpha value is -1.07. The minimum Gasteiger partial charge on any atom is -0.478 e. The van der Waals surface area contributed by atoms with E-state index in [4.69, 9.17) is 16.3 Å². The van der Waals surface area contributed by atoms with E-state index in [1.54, 1.807) is 6.08 Å². The predicted octanol–water partition coefficient (Wildman–Crippen LogP) is 1.82. The highest BCUT2D eigenvalue weighted by atomic mass is 35.5. The molecule has 118 valence electrons. The van der Waals surface area contributed by atoms with E-state index in [1.807, 2.05) is 13.8 Å². The Balaban J connectivity index is 2.48. The summed E-state index contributed by atoms with van der Waals surface area (Å²) >= 11 is 5.89. The number of allylic oxidation sites excluding steroid dienone is 1. The number of carboxylic acid groups (broad SMARTS) is 1. The minimum atomic E-state index is -1.33. The van der Waals surface area contributed by atoms with E-state index in [0.717, 1.165) is 0 Å². The largest absolute Gasteiger partial charge is 0.478 e. The third-order valence-electron chi connectivity index (χ3n) is 4.75. The molecule has 1 saturated carbocycles. The van der Waals surface area contributed by atoms with Gasteiger partial charge in [0.15, 0.2) is 0 Å². The van der Waals surface area contributed by atoms with Gasteiger partial charge in [0.1, 0.15) is 6.61 Å². The fourth-order valence-corrected chi connectivity index (χ4v) is 3.85. The van der Waals surface area contributed by atoms with Crippen LogP contribution < -0.4 is 0 Å². The first-order valence-corrected chi connectivity index (χ1v) is 7.72. The van der Waals surface area contributed by atoms with Crippen LogP contribution in [0.25, 0.3) is 0 Å². The van der Waals surface area contributed by atoms with E-state index in [0.29, 0.717) is 12.8 Å². The van der Waals surface area contributed by atoms with Crippen molar-refractivity contribution < 1.29 is 24.5 Å². The van der Waals surface area contributed by atoms with Gasteiger partial charge >= 0.3 is 11.9 Å². The lowest BCUT2D eigenvalue weighted by Crippen LogP contribution is -2.53. The number of ether oxygens (including phenoxy) is 1. The first-order valence-electron chi connectivity index (χ1n) is 7.19. The lowest BCUT2D eigenvalue weighted by molar-refractivity contribution is -0.165. The fraction of sp³-hybridized carbons (Fsp3) is 0.733. The van der Waals surface area contributed by atoms with Crippen LogP contribution >= 0.6 is 11.6 Å². The highest BCUT2D eigenvalue weighted by molar-refractivity contribution is 6.18. The normalized spacial score (nSPS) is 36.5. The zero-order valence-corrected chi connectivity index (χ0v) is 13.0. The molecule has 21 heavy (non-hydrogen) atoms. The van der Waals surface area contributed by atoms with Gasteiger partial charge in [0, 0.05) is 0 Å². The molecule has 0 aromatic heterocycles. The third kappa shape index (κ3) is 2.94. The minimum absolute atomic E-state index is 0.0652. The number of aliphatic hydroxyl groups is 1. The van der Waals surface area contributed by atoms with Crippen LogP contribution in [0.4, 0.5) is 0 Å². The Morgan fingerprint density at radius 3 is 2.76 bits per heavy atom. The maximum Gasteiger partial charge on any atom is 0.334 e. The van der Waals surface area contributed by atoms with Gasteiger partial charge in [-0.05, 0) is 30.6 Å². The first-order chi connectivity index (χ1) is 9.80. The molecule has 5 nitrogen and oxygen atoms in total. The second kappa shape index (κ2) is 5.97. The Labute approximate surface area is 128 Å². The van der Waals surface area contributed by atoms with Crippen LogP contribution in [-0.2, 0) is 14.3 Å². The van der Waals surface area contributed by atoms with Crippen molar-refractivity contribution in [2.45, 2.75) is 32.3 Å². The second-order valence-electron chi connectivity index (χ2n) is 6.34. The van der Waals surface area contributed by atoms with Crippen LogP contribution in [0.1, 0.15) is 26.7 Å². The average molecular weight is 317 g/mol. The monoisotopic (exact) mass is 316 g/mol. The summed E-state index contributed by atoms with van der Waals surface area (Å²) < 4.78 is 5.06. The third-order valence-corrected chi connectivity index (χ3v) is 5.21. The van der Waals surface area contributed by atoms with E-state index >= 15 is 0 Å². The van der Waals surface area contributed by atoms with Crippen molar-refractivity contribution in [3.63, 3.8) is 0 Å². The zero-order valence-electron chi connectivity index (χ0n) is 12.2. The highest BCUT2D eigenvalue weighted by Crippen LogP contribution is 2.47. The van der Waals surface area contributed by atoms with Crippen molar-refractivity contribution in [1.82, 2.24) is 0 Å². The van der Waals surface area contributed by atoms with Crippen molar-refractivity contribution in [1.29, 1.82) is 0 Å². The van der Waals surface area contributed by atoms with Crippen molar-refractivity contribution in [2.75, 3.05) is 12.5 Å². The summed E-state index contributed by atoms with van der Waals surface area (Å²) in [5.41, 5.74) is -1.26. The number of cyclic esters (lactones) is 1. The number of aliphatic carboxylic acids is 1. The molecule has 0 saturated heterocycles. The van der Waals surface area contributed by atoms with Crippen LogP contribution in [-0.4, -0.2) is 40.2 Å². The van der Waals surface area contributed by atoms with Gasteiger partial charge in [-0.25, -0.2) is 4.79 Å². The van der Waals surface area contributed by atoms with E-state index in [-0.39, 0.29) is 35.8 Å². The SMILES string of the molecule is CC(C)[C@@H]1CC[C@@](O)(CCl)[C@@H]2C(=O)OCC(C(=O)O)=C[C@H]21. The Kier molecular flexibility index (Phi) is 4.63. The molecule has 0 spiro atoms. The predicted molar refractivity (Wildman–Crippen MR) is 76.9 cm³/mol. The summed E-state index contributed by atoms with van der Waals surface area (Å²) in [7, 11) is 0. The molecule has 0 aromatic carbocycles. The topological polar surface area (TPSA) is 83.8 Å². The first kappa shape index (κ1) is 16.3. The number of halogens is 1. The maximum atomic E-state index is 12.3. The van der Waals surface area contributed by atoms with Crippen molar-refractivity contribution in [2.24, 2.45) is 23.7 Å². The van der Waals surface area contributed by atoms with Crippen molar-refractivity contribution in [3.8, 4) is 0 Å². The molecule has 1 fully saturated rings. The van der Waals surface area contributed by atoms with Gasteiger partial charge in [-0.15, -0.1) is 11.6 Å². The number of carboxylic acids is 1. The van der Waals surface area contributed by atoms with Gasteiger partial charge < -0.3 is 14.9 Å². The Bertz CT molecular complexity index is 473. The molecule has 0 bridgehead atoms. The molecule has 1 heterocycles. The number of alkyl halides is 1. The van der Waals surface area contributed by atoms with Crippen LogP contribution in [0.2, 0.25) is 0 Å². The number of carbonyl (C=O) groups is 2. The molecule has 2 aliphatic rings.